The third-order valence-corrected chi connectivity index (χ3v) is 6.31. The molecule has 0 aliphatic heterocycles. The number of hydrogen-bond acceptors (Lipinski definition) is 0. The molecule has 14 heavy (non-hydrogen) atoms. The highest BCUT2D eigenvalue weighted by Crippen LogP contribution is 2.47. The van der Waals surface area contributed by atoms with Crippen molar-refractivity contribution in [2.24, 2.45) is 0 Å². The third kappa shape index (κ3) is 2.80. The van der Waals surface area contributed by atoms with Crippen LogP contribution in [-0.2, 0) is 0 Å². The van der Waals surface area contributed by atoms with E-state index in [1.807, 2.05) is 0 Å². The lowest BCUT2D eigenvalue weighted by atomic mass is 10.4. The molecule has 0 aromatic rings. The second kappa shape index (κ2) is 5.26. The summed E-state index contributed by atoms with van der Waals surface area (Å²) in [6.45, 7) is 4.37. The van der Waals surface area contributed by atoms with Crippen LogP contribution >= 0.6 is 7.51 Å². The van der Waals surface area contributed by atoms with Crippen LogP contribution in [0.25, 0.3) is 0 Å². The van der Waals surface area contributed by atoms with Crippen molar-refractivity contribution in [3.05, 3.63) is 0 Å². The van der Waals surface area contributed by atoms with Crippen LogP contribution in [0.15, 0.2) is 0 Å². The van der Waals surface area contributed by atoms with Crippen LogP contribution in [0.1, 0.15) is 13.8 Å². The van der Waals surface area contributed by atoms with Crippen LogP contribution in [-0.4, -0.2) is 62.3 Å². The summed E-state index contributed by atoms with van der Waals surface area (Å²) in [5.74, 6) is 0. The van der Waals surface area contributed by atoms with Crippen LogP contribution in [0.5, 0.6) is 0 Å². The average molecular weight is 221 g/mol. The Morgan fingerprint density at radius 1 is 0.786 bits per heavy atom. The van der Waals surface area contributed by atoms with Gasteiger partial charge in [0.15, 0.2) is 0 Å². The molecule has 1 N–H and O–H groups in total. The predicted molar refractivity (Wildman–Crippen MR) is 64.1 cm³/mol. The van der Waals surface area contributed by atoms with Crippen LogP contribution < -0.4 is 4.74 Å². The maximum absolute atomic E-state index is 3.68. The van der Waals surface area contributed by atoms with E-state index in [9.17, 15) is 0 Å². The summed E-state index contributed by atoms with van der Waals surface area (Å²) in [4.78, 5) is 0. The molecule has 86 valence electrons. The predicted octanol–water partition coefficient (Wildman–Crippen LogP) is 0.106. The van der Waals surface area contributed by atoms with Gasteiger partial charge in [0.1, 0.15) is 6.04 Å². The Kier molecular flexibility index (Phi) is 5.31. The SMILES string of the molecule is CC(C)[NH+]=P(N(C)C)(N(C)C)N(C)C. The van der Waals surface area contributed by atoms with Crippen molar-refractivity contribution >= 4 is 7.51 Å². The lowest BCUT2D eigenvalue weighted by Gasteiger charge is -2.35. The Balaban J connectivity index is 5.40. The molecule has 0 radical (unpaired) electrons. The smallest absolute Gasteiger partial charge is 0.233 e. The largest absolute Gasteiger partial charge is 0.309 e. The van der Waals surface area contributed by atoms with Gasteiger partial charge in [-0.1, -0.05) is 0 Å². The van der Waals surface area contributed by atoms with Crippen LogP contribution in [0.2, 0.25) is 0 Å². The highest BCUT2D eigenvalue weighted by molar-refractivity contribution is 7.56. The van der Waals surface area contributed by atoms with E-state index < -0.39 is 7.51 Å². The average Bonchev–Trinajstić information content (AvgIpc) is 1.97. The summed E-state index contributed by atoms with van der Waals surface area (Å²) >= 11 is 0. The molecular formula is C9H26N4P+. The first-order valence-corrected chi connectivity index (χ1v) is 6.60. The minimum Gasteiger partial charge on any atom is -0.233 e. The Morgan fingerprint density at radius 2 is 1.07 bits per heavy atom. The zero-order chi connectivity index (χ0) is 11.5. The van der Waals surface area contributed by atoms with E-state index in [2.05, 4.69) is 74.9 Å². The Morgan fingerprint density at radius 3 is 1.14 bits per heavy atom. The van der Waals surface area contributed by atoms with Crippen molar-refractivity contribution < 1.29 is 4.74 Å². The molecule has 0 saturated carbocycles. The Bertz CT molecular complexity index is 192. The molecule has 0 unspecified atom stereocenters. The van der Waals surface area contributed by atoms with Crippen LogP contribution in [0, 0.1) is 0 Å². The first kappa shape index (κ1) is 14.1. The monoisotopic (exact) mass is 221 g/mol. The fourth-order valence-corrected chi connectivity index (χ4v) is 5.30. The van der Waals surface area contributed by atoms with E-state index >= 15 is 0 Å². The molecule has 0 atom stereocenters. The van der Waals surface area contributed by atoms with E-state index in [0.717, 1.165) is 0 Å². The van der Waals surface area contributed by atoms with Crippen LogP contribution in [0.4, 0.5) is 0 Å². The van der Waals surface area contributed by atoms with Gasteiger partial charge in [-0.3, -0.25) is 0 Å². The summed E-state index contributed by atoms with van der Waals surface area (Å²) in [5, 5.41) is 0. The van der Waals surface area contributed by atoms with Gasteiger partial charge in [0.2, 0.25) is 0 Å². The van der Waals surface area contributed by atoms with Gasteiger partial charge in [-0.15, -0.1) is 0 Å². The summed E-state index contributed by atoms with van der Waals surface area (Å²) < 4.78 is 10.5. The maximum atomic E-state index is 3.68. The first-order chi connectivity index (χ1) is 6.25. The van der Waals surface area contributed by atoms with Gasteiger partial charge in [-0.25, -0.2) is 18.8 Å². The summed E-state index contributed by atoms with van der Waals surface area (Å²) in [6, 6.07) is 0.482. The van der Waals surface area contributed by atoms with Gasteiger partial charge in [-0.2, -0.15) is 0 Å². The number of nitrogens with zero attached hydrogens (tertiary/aromatic N) is 3. The van der Waals surface area contributed by atoms with E-state index in [4.69, 9.17) is 0 Å². The molecule has 5 heteroatoms. The molecule has 0 heterocycles. The van der Waals surface area contributed by atoms with Gasteiger partial charge < -0.3 is 0 Å². The Labute approximate surface area is 89.1 Å². The molecule has 4 nitrogen and oxygen atoms in total. The molecule has 0 aromatic carbocycles. The van der Waals surface area contributed by atoms with E-state index in [1.165, 1.54) is 0 Å². The van der Waals surface area contributed by atoms with E-state index in [1.54, 1.807) is 0 Å². The molecule has 0 rings (SSSR count). The minimum atomic E-state index is -1.52. The molecule has 0 aliphatic carbocycles. The van der Waals surface area contributed by atoms with Gasteiger partial charge >= 0.3 is 7.51 Å². The zero-order valence-electron chi connectivity index (χ0n) is 10.9. The second-order valence-corrected chi connectivity index (χ2v) is 8.19. The van der Waals surface area contributed by atoms with Crippen molar-refractivity contribution in [3.8, 4) is 0 Å². The van der Waals surface area contributed by atoms with E-state index in [-0.39, 0.29) is 0 Å². The highest BCUT2D eigenvalue weighted by Gasteiger charge is 2.35. The minimum absolute atomic E-state index is 0.482. The molecule has 0 amide bonds. The number of hydrogen-bond donors (Lipinski definition) is 1. The number of nitrogens with one attached hydrogen (secondary N) is 1. The summed E-state index contributed by atoms with van der Waals surface area (Å²) in [7, 11) is 11.3. The zero-order valence-corrected chi connectivity index (χ0v) is 11.8. The first-order valence-electron chi connectivity index (χ1n) is 4.95. The van der Waals surface area contributed by atoms with Gasteiger partial charge in [0.05, 0.1) is 0 Å². The third-order valence-electron chi connectivity index (χ3n) is 2.10. The molecule has 0 saturated heterocycles. The fourth-order valence-electron chi connectivity index (χ4n) is 1.77. The lowest BCUT2D eigenvalue weighted by molar-refractivity contribution is -0.481. The standard InChI is InChI=1S/C9H25N4P/c1-9(2)10-14(11(3)4,12(5)6)13(7)8/h9H,1-8H3/p+1. The van der Waals surface area contributed by atoms with Crippen molar-refractivity contribution in [2.75, 3.05) is 42.3 Å². The van der Waals surface area contributed by atoms with Crippen molar-refractivity contribution in [1.82, 2.24) is 14.0 Å². The lowest BCUT2D eigenvalue weighted by Crippen LogP contribution is -2.76. The quantitative estimate of drug-likeness (QED) is 0.682. The summed E-state index contributed by atoms with van der Waals surface area (Å²) in [6.07, 6.45) is 0. The van der Waals surface area contributed by atoms with Crippen molar-refractivity contribution in [3.63, 3.8) is 0 Å². The van der Waals surface area contributed by atoms with Crippen LogP contribution in [0.3, 0.4) is 0 Å². The maximum Gasteiger partial charge on any atom is 0.309 e. The molecule has 0 spiro atoms. The molecular weight excluding hydrogens is 195 g/mol. The molecule has 0 bridgehead atoms. The summed E-state index contributed by atoms with van der Waals surface area (Å²) in [5.41, 5.74) is 0. The topological polar surface area (TPSA) is 23.7 Å². The van der Waals surface area contributed by atoms with Gasteiger partial charge in [-0.05, 0) is 56.1 Å². The van der Waals surface area contributed by atoms with E-state index in [0.29, 0.717) is 6.04 Å². The fraction of sp³-hybridized carbons (Fsp3) is 1.00. The second-order valence-electron chi connectivity index (χ2n) is 4.39. The van der Waals surface area contributed by atoms with Gasteiger partial charge in [0.25, 0.3) is 0 Å². The van der Waals surface area contributed by atoms with Crippen molar-refractivity contribution in [1.29, 1.82) is 0 Å². The van der Waals surface area contributed by atoms with Crippen molar-refractivity contribution in [2.45, 2.75) is 19.9 Å². The number of rotatable bonds is 4. The molecule has 0 aliphatic rings. The normalized spacial score (nSPS) is 13.4. The highest BCUT2D eigenvalue weighted by atomic mass is 31.2. The molecule has 0 aromatic heterocycles. The molecule has 0 fully saturated rings. The van der Waals surface area contributed by atoms with Gasteiger partial charge in [0, 0.05) is 0 Å². The Hall–Kier alpha value is 0.110.